The average Bonchev–Trinajstić information content (AvgIpc) is 2.17. The second-order valence-electron chi connectivity index (χ2n) is 2.35. The lowest BCUT2D eigenvalue weighted by Crippen LogP contribution is -2.02. The van der Waals surface area contributed by atoms with Gasteiger partial charge in [0.2, 0.25) is 0 Å². The molecule has 0 aliphatic carbocycles. The number of ether oxygens (including phenoxy) is 1. The molecular weight excluding hydrogens is 175 g/mol. The van der Waals surface area contributed by atoms with Crippen molar-refractivity contribution < 1.29 is 18.7 Å². The smallest absolute Gasteiger partial charge is 0.337 e. The minimum absolute atomic E-state index is 0.150. The van der Waals surface area contributed by atoms with Crippen molar-refractivity contribution in [3.63, 3.8) is 0 Å². The molecule has 0 atom stereocenters. The van der Waals surface area contributed by atoms with Crippen molar-refractivity contribution in [3.8, 4) is 0 Å². The summed E-state index contributed by atoms with van der Waals surface area (Å²) in [4.78, 5) is 21.2. The maximum atomic E-state index is 12.2. The first kappa shape index (κ1) is 9.38. The topological polar surface area (TPSA) is 43.4 Å². The van der Waals surface area contributed by atoms with Crippen molar-refractivity contribution >= 4 is 12.0 Å². The van der Waals surface area contributed by atoms with Crippen LogP contribution in [0.2, 0.25) is 0 Å². The SMILES string of the molecule is COC(=O)c1cccc(C(=O)F)c1. The molecule has 0 aliphatic heterocycles. The van der Waals surface area contributed by atoms with E-state index in [1.54, 1.807) is 0 Å². The minimum atomic E-state index is -1.56. The zero-order valence-electron chi connectivity index (χ0n) is 6.91. The Morgan fingerprint density at radius 3 is 2.46 bits per heavy atom. The van der Waals surface area contributed by atoms with Crippen molar-refractivity contribution in [1.82, 2.24) is 0 Å². The fourth-order valence-electron chi connectivity index (χ4n) is 0.886. The molecule has 0 spiro atoms. The minimum Gasteiger partial charge on any atom is -0.465 e. The Kier molecular flexibility index (Phi) is 2.74. The van der Waals surface area contributed by atoms with Crippen molar-refractivity contribution in [2.45, 2.75) is 0 Å². The van der Waals surface area contributed by atoms with E-state index >= 15 is 0 Å². The van der Waals surface area contributed by atoms with E-state index in [2.05, 4.69) is 4.74 Å². The van der Waals surface area contributed by atoms with E-state index in [0.717, 1.165) is 6.07 Å². The van der Waals surface area contributed by atoms with Gasteiger partial charge in [-0.05, 0) is 18.2 Å². The van der Waals surface area contributed by atoms with Crippen LogP contribution in [-0.2, 0) is 4.74 Å². The fourth-order valence-corrected chi connectivity index (χ4v) is 0.886. The molecule has 0 aliphatic rings. The van der Waals surface area contributed by atoms with Crippen LogP contribution in [-0.4, -0.2) is 19.1 Å². The third kappa shape index (κ3) is 2.11. The van der Waals surface area contributed by atoms with Gasteiger partial charge in [-0.3, -0.25) is 4.79 Å². The van der Waals surface area contributed by atoms with Crippen molar-refractivity contribution in [3.05, 3.63) is 35.4 Å². The molecule has 0 radical (unpaired) electrons. The number of hydrogen-bond acceptors (Lipinski definition) is 3. The molecule has 3 nitrogen and oxygen atoms in total. The summed E-state index contributed by atoms with van der Waals surface area (Å²) >= 11 is 0. The highest BCUT2D eigenvalue weighted by Gasteiger charge is 2.08. The first-order valence-corrected chi connectivity index (χ1v) is 3.53. The molecule has 13 heavy (non-hydrogen) atoms. The van der Waals surface area contributed by atoms with E-state index in [4.69, 9.17) is 0 Å². The molecule has 1 rings (SSSR count). The molecule has 0 unspecified atom stereocenters. The number of rotatable bonds is 2. The van der Waals surface area contributed by atoms with E-state index in [0.29, 0.717) is 0 Å². The first-order valence-electron chi connectivity index (χ1n) is 3.53. The summed E-state index contributed by atoms with van der Waals surface area (Å²) in [5, 5.41) is 0. The molecule has 0 saturated carbocycles. The van der Waals surface area contributed by atoms with Gasteiger partial charge in [0.25, 0.3) is 0 Å². The lowest BCUT2D eigenvalue weighted by molar-refractivity contribution is 0.0600. The van der Waals surface area contributed by atoms with Gasteiger partial charge in [-0.1, -0.05) is 6.07 Å². The molecule has 0 heterocycles. The molecule has 68 valence electrons. The molecule has 0 saturated heterocycles. The van der Waals surface area contributed by atoms with Crippen LogP contribution in [0, 0.1) is 0 Å². The highest BCUT2D eigenvalue weighted by Crippen LogP contribution is 2.07. The number of benzene rings is 1. The molecule has 1 aromatic carbocycles. The zero-order chi connectivity index (χ0) is 9.84. The van der Waals surface area contributed by atoms with E-state index in [1.807, 2.05) is 0 Å². The molecule has 0 amide bonds. The van der Waals surface area contributed by atoms with Gasteiger partial charge in [0.15, 0.2) is 0 Å². The molecule has 0 N–H and O–H groups in total. The average molecular weight is 182 g/mol. The van der Waals surface area contributed by atoms with E-state index in [-0.39, 0.29) is 11.1 Å². The highest BCUT2D eigenvalue weighted by atomic mass is 19.1. The standard InChI is InChI=1S/C9H7FO3/c1-13-9(12)7-4-2-3-6(5-7)8(10)11/h2-5H,1H3. The number of hydrogen-bond donors (Lipinski definition) is 0. The van der Waals surface area contributed by atoms with Crippen LogP contribution in [0.15, 0.2) is 24.3 Å². The number of halogens is 1. The Morgan fingerprint density at radius 2 is 1.92 bits per heavy atom. The Bertz CT molecular complexity index is 346. The van der Waals surface area contributed by atoms with E-state index < -0.39 is 12.0 Å². The molecule has 4 heteroatoms. The van der Waals surface area contributed by atoms with Gasteiger partial charge in [-0.2, -0.15) is 4.39 Å². The Hall–Kier alpha value is -1.71. The van der Waals surface area contributed by atoms with Crippen LogP contribution in [0.3, 0.4) is 0 Å². The summed E-state index contributed by atoms with van der Waals surface area (Å²) in [6.45, 7) is 0. The highest BCUT2D eigenvalue weighted by molar-refractivity contribution is 5.94. The summed E-state index contributed by atoms with van der Waals surface area (Å²) < 4.78 is 16.6. The van der Waals surface area contributed by atoms with Gasteiger partial charge < -0.3 is 4.74 Å². The lowest BCUT2D eigenvalue weighted by atomic mass is 10.1. The van der Waals surface area contributed by atoms with E-state index in [9.17, 15) is 14.0 Å². The van der Waals surface area contributed by atoms with Crippen LogP contribution in [0.4, 0.5) is 4.39 Å². The maximum Gasteiger partial charge on any atom is 0.337 e. The van der Waals surface area contributed by atoms with Gasteiger partial charge in [-0.15, -0.1) is 0 Å². The Morgan fingerprint density at radius 1 is 1.31 bits per heavy atom. The molecule has 0 aromatic heterocycles. The number of esters is 1. The predicted octanol–water partition coefficient (Wildman–Crippen LogP) is 1.58. The molecular formula is C9H7FO3. The summed E-state index contributed by atoms with van der Waals surface area (Å²) in [5.74, 6) is -0.594. The third-order valence-corrected chi connectivity index (χ3v) is 1.51. The van der Waals surface area contributed by atoms with Crippen LogP contribution in [0.1, 0.15) is 20.7 Å². The molecule has 1 aromatic rings. The van der Waals surface area contributed by atoms with Crippen LogP contribution >= 0.6 is 0 Å². The summed E-state index contributed by atoms with van der Waals surface area (Å²) in [6, 6.07) is 3.73. The van der Waals surface area contributed by atoms with Crippen LogP contribution < -0.4 is 0 Å². The Balaban J connectivity index is 3.05. The van der Waals surface area contributed by atoms with Crippen molar-refractivity contribution in [1.29, 1.82) is 0 Å². The summed E-state index contributed by atoms with van der Waals surface area (Å²) in [6.07, 6.45) is 0. The van der Waals surface area contributed by atoms with Crippen molar-refractivity contribution in [2.75, 3.05) is 7.11 Å². The largest absolute Gasteiger partial charge is 0.465 e. The normalized spacial score (nSPS) is 9.38. The van der Waals surface area contributed by atoms with E-state index in [1.165, 1.54) is 25.3 Å². The second-order valence-corrected chi connectivity index (χ2v) is 2.35. The number of methoxy groups -OCH3 is 1. The quantitative estimate of drug-likeness (QED) is 0.515. The van der Waals surface area contributed by atoms with Crippen LogP contribution in [0.5, 0.6) is 0 Å². The maximum absolute atomic E-state index is 12.2. The summed E-state index contributed by atoms with van der Waals surface area (Å²) in [7, 11) is 1.21. The Labute approximate surface area is 74.1 Å². The number of carbonyl (C=O) groups excluding carboxylic acids is 2. The van der Waals surface area contributed by atoms with Crippen LogP contribution in [0.25, 0.3) is 0 Å². The summed E-state index contributed by atoms with van der Waals surface area (Å²) in [5.41, 5.74) is 0.00824. The predicted molar refractivity (Wildman–Crippen MR) is 43.2 cm³/mol. The van der Waals surface area contributed by atoms with Gasteiger partial charge in [-0.25, -0.2) is 4.79 Å². The van der Waals surface area contributed by atoms with Gasteiger partial charge >= 0.3 is 12.0 Å². The van der Waals surface area contributed by atoms with Gasteiger partial charge in [0.05, 0.1) is 18.2 Å². The zero-order valence-corrected chi connectivity index (χ0v) is 6.91. The first-order chi connectivity index (χ1) is 6.15. The van der Waals surface area contributed by atoms with Crippen molar-refractivity contribution in [2.24, 2.45) is 0 Å². The number of carbonyl (C=O) groups is 2. The lowest BCUT2D eigenvalue weighted by Gasteiger charge is -1.98. The monoisotopic (exact) mass is 182 g/mol. The second kappa shape index (κ2) is 3.80. The third-order valence-electron chi connectivity index (χ3n) is 1.51. The fraction of sp³-hybridized carbons (Fsp3) is 0.111. The molecule has 0 fully saturated rings. The van der Waals surface area contributed by atoms with Gasteiger partial charge in [0.1, 0.15) is 0 Å². The van der Waals surface area contributed by atoms with Gasteiger partial charge in [0, 0.05) is 0 Å². The molecule has 0 bridgehead atoms.